The van der Waals surface area contributed by atoms with Crippen molar-refractivity contribution in [1.29, 1.82) is 0 Å². The van der Waals surface area contributed by atoms with E-state index in [-0.39, 0.29) is 34.8 Å². The summed E-state index contributed by atoms with van der Waals surface area (Å²) in [6, 6.07) is 5.26. The molecule has 0 aliphatic heterocycles. The predicted octanol–water partition coefficient (Wildman–Crippen LogP) is 2.88. The molecule has 0 saturated heterocycles. The molecule has 3 rings (SSSR count). The summed E-state index contributed by atoms with van der Waals surface area (Å²) in [5.74, 6) is -2.48. The number of benzene rings is 1. The van der Waals surface area contributed by atoms with Crippen molar-refractivity contribution in [2.75, 3.05) is 10.6 Å². The van der Waals surface area contributed by atoms with E-state index >= 15 is 0 Å². The zero-order valence-electron chi connectivity index (χ0n) is 14.1. The molecule has 1 amide bonds. The average molecular weight is 361 g/mol. The molecule has 0 radical (unpaired) electrons. The molecule has 1 heterocycles. The summed E-state index contributed by atoms with van der Waals surface area (Å²) in [7, 11) is 0. The molecule has 138 valence electrons. The Labute approximate surface area is 150 Å². The second kappa shape index (κ2) is 7.65. The van der Waals surface area contributed by atoms with Crippen LogP contribution in [0, 0.1) is 11.6 Å². The summed E-state index contributed by atoms with van der Waals surface area (Å²) in [6.07, 6.45) is 5.13. The maximum absolute atomic E-state index is 14.2. The van der Waals surface area contributed by atoms with Crippen molar-refractivity contribution >= 4 is 23.1 Å². The van der Waals surface area contributed by atoms with E-state index in [4.69, 9.17) is 11.5 Å². The van der Waals surface area contributed by atoms with Crippen LogP contribution < -0.4 is 22.1 Å². The van der Waals surface area contributed by atoms with Gasteiger partial charge < -0.3 is 22.1 Å². The lowest BCUT2D eigenvalue weighted by Crippen LogP contribution is -2.42. The summed E-state index contributed by atoms with van der Waals surface area (Å²) in [6.45, 7) is 0. The van der Waals surface area contributed by atoms with Crippen molar-refractivity contribution in [2.24, 2.45) is 11.5 Å². The molecule has 1 aromatic heterocycles. The number of anilines is 3. The molecule has 1 aliphatic carbocycles. The Kier molecular flexibility index (Phi) is 5.32. The number of halogens is 2. The van der Waals surface area contributed by atoms with Crippen LogP contribution in [0.4, 0.5) is 26.0 Å². The third-order valence-electron chi connectivity index (χ3n) is 4.52. The van der Waals surface area contributed by atoms with E-state index < -0.39 is 17.5 Å². The quantitative estimate of drug-likeness (QED) is 0.655. The van der Waals surface area contributed by atoms with Gasteiger partial charge in [-0.2, -0.15) is 0 Å². The number of amides is 1. The van der Waals surface area contributed by atoms with Crippen LogP contribution in [0.5, 0.6) is 0 Å². The van der Waals surface area contributed by atoms with Crippen molar-refractivity contribution in [1.82, 2.24) is 4.98 Å². The Hall–Kier alpha value is -2.74. The fraction of sp³-hybridized carbons (Fsp3) is 0.333. The lowest BCUT2D eigenvalue weighted by atomic mass is 9.91. The van der Waals surface area contributed by atoms with E-state index in [0.29, 0.717) is 0 Å². The van der Waals surface area contributed by atoms with Gasteiger partial charge in [0.25, 0.3) is 5.91 Å². The average Bonchev–Trinajstić information content (AvgIpc) is 2.61. The lowest BCUT2D eigenvalue weighted by molar-refractivity contribution is 0.100. The Morgan fingerprint density at radius 2 is 2.00 bits per heavy atom. The summed E-state index contributed by atoms with van der Waals surface area (Å²) < 4.78 is 28.3. The molecule has 0 spiro atoms. The molecule has 2 aromatic rings. The molecule has 1 aliphatic rings. The van der Waals surface area contributed by atoms with Gasteiger partial charge in [-0.05, 0) is 31.0 Å². The maximum atomic E-state index is 14.2. The maximum Gasteiger partial charge on any atom is 0.252 e. The first-order valence-electron chi connectivity index (χ1n) is 8.48. The molecule has 0 bridgehead atoms. The number of carbonyl (C=O) groups is 1. The SMILES string of the molecule is NC(=O)c1cccnc1Nc1cc(F)c(F)c(N[C@@H]2CCCC[C@@H]2N)c1. The van der Waals surface area contributed by atoms with Crippen LogP contribution in [0.1, 0.15) is 36.0 Å². The van der Waals surface area contributed by atoms with E-state index in [9.17, 15) is 13.6 Å². The monoisotopic (exact) mass is 361 g/mol. The normalized spacial score (nSPS) is 19.8. The summed E-state index contributed by atoms with van der Waals surface area (Å²) >= 11 is 0. The third-order valence-corrected chi connectivity index (χ3v) is 4.52. The number of rotatable bonds is 5. The van der Waals surface area contributed by atoms with Gasteiger partial charge in [-0.1, -0.05) is 12.8 Å². The fourth-order valence-corrected chi connectivity index (χ4v) is 3.15. The first kappa shape index (κ1) is 18.1. The Bertz CT molecular complexity index is 814. The van der Waals surface area contributed by atoms with Crippen LogP contribution in [-0.4, -0.2) is 23.0 Å². The van der Waals surface area contributed by atoms with E-state index in [2.05, 4.69) is 15.6 Å². The van der Waals surface area contributed by atoms with Gasteiger partial charge in [-0.3, -0.25) is 4.79 Å². The number of pyridine rings is 1. The third kappa shape index (κ3) is 3.91. The Morgan fingerprint density at radius 1 is 1.23 bits per heavy atom. The standard InChI is InChI=1S/C18H21F2N5O/c19-12-8-10(24-18-11(17(22)26)4-3-7-23-18)9-15(16(12)20)25-14-6-2-1-5-13(14)21/h3-4,7-9,13-14,25H,1-2,5-6,21H2,(H2,22,26)(H,23,24)/t13-,14+/m0/s1. The van der Waals surface area contributed by atoms with Gasteiger partial charge in [0.15, 0.2) is 11.6 Å². The molecule has 1 aromatic carbocycles. The van der Waals surface area contributed by atoms with Gasteiger partial charge >= 0.3 is 0 Å². The lowest BCUT2D eigenvalue weighted by Gasteiger charge is -2.30. The van der Waals surface area contributed by atoms with Gasteiger partial charge in [0.2, 0.25) is 0 Å². The van der Waals surface area contributed by atoms with Crippen LogP contribution in [-0.2, 0) is 0 Å². The molecule has 2 atom stereocenters. The molecular formula is C18H21F2N5O. The van der Waals surface area contributed by atoms with Crippen LogP contribution in [0.25, 0.3) is 0 Å². The summed E-state index contributed by atoms with van der Waals surface area (Å²) in [5, 5.41) is 5.83. The van der Waals surface area contributed by atoms with E-state index in [1.165, 1.54) is 18.3 Å². The molecule has 26 heavy (non-hydrogen) atoms. The number of aromatic nitrogens is 1. The van der Waals surface area contributed by atoms with Crippen molar-refractivity contribution in [3.8, 4) is 0 Å². The van der Waals surface area contributed by atoms with Gasteiger partial charge in [-0.25, -0.2) is 13.8 Å². The van der Waals surface area contributed by atoms with Gasteiger partial charge in [0, 0.05) is 30.0 Å². The highest BCUT2D eigenvalue weighted by Gasteiger charge is 2.23. The van der Waals surface area contributed by atoms with Crippen LogP contribution in [0.3, 0.4) is 0 Å². The minimum absolute atomic E-state index is 0.0198. The number of carbonyl (C=O) groups excluding carboxylic acids is 1. The number of hydrogen-bond acceptors (Lipinski definition) is 5. The summed E-state index contributed by atoms with van der Waals surface area (Å²) in [5.41, 5.74) is 11.8. The minimum atomic E-state index is -1.02. The van der Waals surface area contributed by atoms with E-state index in [0.717, 1.165) is 31.7 Å². The summed E-state index contributed by atoms with van der Waals surface area (Å²) in [4.78, 5) is 15.5. The first-order valence-corrected chi connectivity index (χ1v) is 8.48. The highest BCUT2D eigenvalue weighted by atomic mass is 19.2. The zero-order chi connectivity index (χ0) is 18.7. The van der Waals surface area contributed by atoms with Crippen LogP contribution in [0.2, 0.25) is 0 Å². The molecule has 1 saturated carbocycles. The van der Waals surface area contributed by atoms with E-state index in [1.54, 1.807) is 6.07 Å². The molecular weight excluding hydrogens is 340 g/mol. The van der Waals surface area contributed by atoms with Crippen molar-refractivity contribution in [3.05, 3.63) is 47.7 Å². The molecule has 6 nitrogen and oxygen atoms in total. The number of nitrogens with zero attached hydrogens (tertiary/aromatic N) is 1. The molecule has 1 fully saturated rings. The van der Waals surface area contributed by atoms with Crippen molar-refractivity contribution < 1.29 is 13.6 Å². The Balaban J connectivity index is 1.87. The molecule has 8 heteroatoms. The van der Waals surface area contributed by atoms with Gasteiger partial charge in [0.1, 0.15) is 5.82 Å². The molecule has 0 unspecified atom stereocenters. The predicted molar refractivity (Wildman–Crippen MR) is 96.2 cm³/mol. The second-order valence-electron chi connectivity index (χ2n) is 6.41. The number of nitrogens with one attached hydrogen (secondary N) is 2. The highest BCUT2D eigenvalue weighted by Crippen LogP contribution is 2.29. The van der Waals surface area contributed by atoms with E-state index in [1.807, 2.05) is 0 Å². The fourth-order valence-electron chi connectivity index (χ4n) is 3.15. The van der Waals surface area contributed by atoms with Gasteiger partial charge in [-0.15, -0.1) is 0 Å². The first-order chi connectivity index (χ1) is 12.5. The van der Waals surface area contributed by atoms with Crippen molar-refractivity contribution in [2.45, 2.75) is 37.8 Å². The smallest absolute Gasteiger partial charge is 0.252 e. The number of primary amides is 1. The number of hydrogen-bond donors (Lipinski definition) is 4. The highest BCUT2D eigenvalue weighted by molar-refractivity contribution is 5.98. The zero-order valence-corrected chi connectivity index (χ0v) is 14.1. The largest absolute Gasteiger partial charge is 0.378 e. The topological polar surface area (TPSA) is 106 Å². The van der Waals surface area contributed by atoms with Crippen LogP contribution >= 0.6 is 0 Å². The van der Waals surface area contributed by atoms with Crippen LogP contribution in [0.15, 0.2) is 30.5 Å². The minimum Gasteiger partial charge on any atom is -0.378 e. The van der Waals surface area contributed by atoms with Crippen molar-refractivity contribution in [3.63, 3.8) is 0 Å². The number of nitrogens with two attached hydrogens (primary N) is 2. The molecule has 6 N–H and O–H groups in total. The Morgan fingerprint density at radius 3 is 2.73 bits per heavy atom. The second-order valence-corrected chi connectivity index (χ2v) is 6.41. The van der Waals surface area contributed by atoms with Gasteiger partial charge in [0.05, 0.1) is 11.3 Å².